The molecular formula is C14H25N3O2. The minimum atomic E-state index is 0.113. The first-order chi connectivity index (χ1) is 9.16. The van der Waals surface area contributed by atoms with Crippen LogP contribution in [0.5, 0.6) is 0 Å². The van der Waals surface area contributed by atoms with Gasteiger partial charge >= 0.3 is 0 Å². The highest BCUT2D eigenvalue weighted by Gasteiger charge is 2.23. The van der Waals surface area contributed by atoms with Crippen LogP contribution < -0.4 is 5.32 Å². The smallest absolute Gasteiger partial charge is 0.222 e. The zero-order chi connectivity index (χ0) is 13.7. The summed E-state index contributed by atoms with van der Waals surface area (Å²) in [6.45, 7) is 6.55. The van der Waals surface area contributed by atoms with Crippen LogP contribution in [0, 0.1) is 5.92 Å². The Morgan fingerprint density at radius 3 is 2.21 bits per heavy atom. The maximum atomic E-state index is 12.1. The van der Waals surface area contributed by atoms with E-state index in [1.54, 1.807) is 6.92 Å². The van der Waals surface area contributed by atoms with Crippen LogP contribution in [-0.2, 0) is 9.59 Å². The molecule has 5 heteroatoms. The van der Waals surface area contributed by atoms with Crippen molar-refractivity contribution in [2.45, 2.75) is 32.6 Å². The lowest BCUT2D eigenvalue weighted by atomic mass is 9.93. The van der Waals surface area contributed by atoms with Crippen LogP contribution in [0.1, 0.15) is 32.6 Å². The normalized spacial score (nSPS) is 21.5. The van der Waals surface area contributed by atoms with Gasteiger partial charge in [0.05, 0.1) is 0 Å². The van der Waals surface area contributed by atoms with Crippen molar-refractivity contribution >= 4 is 11.8 Å². The maximum Gasteiger partial charge on any atom is 0.222 e. The lowest BCUT2D eigenvalue weighted by molar-refractivity contribution is -0.138. The van der Waals surface area contributed by atoms with Crippen molar-refractivity contribution in [1.82, 2.24) is 15.1 Å². The fourth-order valence-electron chi connectivity index (χ4n) is 2.93. The standard InChI is InChI=1S/C14H25N3O2/c1-12(18)16-8-10-17(11-9-16)14(19)3-2-13-4-6-15-7-5-13/h13,15H,2-11H2,1H3. The van der Waals surface area contributed by atoms with Crippen molar-refractivity contribution in [1.29, 1.82) is 0 Å². The van der Waals surface area contributed by atoms with Gasteiger partial charge in [-0.1, -0.05) is 0 Å². The summed E-state index contributed by atoms with van der Waals surface area (Å²) in [5, 5.41) is 3.35. The number of rotatable bonds is 3. The third kappa shape index (κ3) is 4.20. The van der Waals surface area contributed by atoms with E-state index in [0.29, 0.717) is 38.5 Å². The summed E-state index contributed by atoms with van der Waals surface area (Å²) < 4.78 is 0. The quantitative estimate of drug-likeness (QED) is 0.808. The van der Waals surface area contributed by atoms with Crippen molar-refractivity contribution in [3.05, 3.63) is 0 Å². The molecule has 0 saturated carbocycles. The number of hydrogen-bond acceptors (Lipinski definition) is 3. The number of carbonyl (C=O) groups excluding carboxylic acids is 2. The van der Waals surface area contributed by atoms with E-state index in [0.717, 1.165) is 19.5 Å². The summed E-state index contributed by atoms with van der Waals surface area (Å²) in [6.07, 6.45) is 4.09. The van der Waals surface area contributed by atoms with Gasteiger partial charge in [-0.2, -0.15) is 0 Å². The van der Waals surface area contributed by atoms with Crippen LogP contribution in [0.4, 0.5) is 0 Å². The third-order valence-electron chi connectivity index (χ3n) is 4.30. The molecule has 2 amide bonds. The van der Waals surface area contributed by atoms with Crippen LogP contribution in [0.3, 0.4) is 0 Å². The first-order valence-corrected chi connectivity index (χ1v) is 7.41. The average Bonchev–Trinajstić information content (AvgIpc) is 2.46. The summed E-state index contributed by atoms with van der Waals surface area (Å²) in [4.78, 5) is 27.1. The molecule has 108 valence electrons. The molecule has 1 N–H and O–H groups in total. The predicted octanol–water partition coefficient (Wildman–Crippen LogP) is 0.457. The molecule has 2 aliphatic heterocycles. The largest absolute Gasteiger partial charge is 0.339 e. The molecule has 2 heterocycles. The van der Waals surface area contributed by atoms with E-state index < -0.39 is 0 Å². The van der Waals surface area contributed by atoms with Gasteiger partial charge in [-0.25, -0.2) is 0 Å². The Labute approximate surface area is 115 Å². The summed E-state index contributed by atoms with van der Waals surface area (Å²) >= 11 is 0. The molecular weight excluding hydrogens is 242 g/mol. The van der Waals surface area contributed by atoms with Crippen molar-refractivity contribution < 1.29 is 9.59 Å². The summed E-state index contributed by atoms with van der Waals surface area (Å²) in [5.41, 5.74) is 0. The molecule has 0 atom stereocenters. The van der Waals surface area contributed by atoms with Gasteiger partial charge in [0.15, 0.2) is 0 Å². The van der Waals surface area contributed by atoms with E-state index in [-0.39, 0.29) is 11.8 Å². The molecule has 0 radical (unpaired) electrons. The molecule has 0 aromatic carbocycles. The van der Waals surface area contributed by atoms with E-state index in [9.17, 15) is 9.59 Å². The Morgan fingerprint density at radius 1 is 1.05 bits per heavy atom. The first kappa shape index (κ1) is 14.3. The second-order valence-corrected chi connectivity index (χ2v) is 5.62. The first-order valence-electron chi connectivity index (χ1n) is 7.41. The van der Waals surface area contributed by atoms with Crippen molar-refractivity contribution in [2.24, 2.45) is 5.92 Å². The number of nitrogens with one attached hydrogen (secondary N) is 1. The number of carbonyl (C=O) groups is 2. The van der Waals surface area contributed by atoms with Gasteiger partial charge in [0.1, 0.15) is 0 Å². The van der Waals surface area contributed by atoms with Crippen LogP contribution in [0.15, 0.2) is 0 Å². The minimum absolute atomic E-state index is 0.113. The Hall–Kier alpha value is -1.10. The fourth-order valence-corrected chi connectivity index (χ4v) is 2.93. The average molecular weight is 267 g/mol. The fraction of sp³-hybridized carbons (Fsp3) is 0.857. The zero-order valence-corrected chi connectivity index (χ0v) is 11.9. The van der Waals surface area contributed by atoms with Gasteiger partial charge in [-0.3, -0.25) is 9.59 Å². The third-order valence-corrected chi connectivity index (χ3v) is 4.30. The second-order valence-electron chi connectivity index (χ2n) is 5.62. The summed E-state index contributed by atoms with van der Waals surface area (Å²) in [5.74, 6) is 1.09. The SMILES string of the molecule is CC(=O)N1CCN(C(=O)CCC2CCNCC2)CC1. The maximum absolute atomic E-state index is 12.1. The van der Waals surface area contributed by atoms with E-state index in [4.69, 9.17) is 0 Å². The van der Waals surface area contributed by atoms with Crippen molar-refractivity contribution in [2.75, 3.05) is 39.3 Å². The van der Waals surface area contributed by atoms with Crippen LogP contribution >= 0.6 is 0 Å². The van der Waals surface area contributed by atoms with Gasteiger partial charge in [0, 0.05) is 39.5 Å². The Balaban J connectivity index is 1.67. The number of amides is 2. The van der Waals surface area contributed by atoms with Crippen LogP contribution in [0.25, 0.3) is 0 Å². The van der Waals surface area contributed by atoms with E-state index in [1.807, 2.05) is 9.80 Å². The molecule has 0 spiro atoms. The monoisotopic (exact) mass is 267 g/mol. The lowest BCUT2D eigenvalue weighted by Crippen LogP contribution is -2.50. The summed E-state index contributed by atoms with van der Waals surface area (Å²) in [7, 11) is 0. The molecule has 0 unspecified atom stereocenters. The molecule has 0 bridgehead atoms. The lowest BCUT2D eigenvalue weighted by Gasteiger charge is -2.34. The Kier molecular flexibility index (Phi) is 5.19. The highest BCUT2D eigenvalue weighted by atomic mass is 16.2. The minimum Gasteiger partial charge on any atom is -0.339 e. The van der Waals surface area contributed by atoms with Gasteiger partial charge in [-0.15, -0.1) is 0 Å². The molecule has 2 fully saturated rings. The number of nitrogens with zero attached hydrogens (tertiary/aromatic N) is 2. The van der Waals surface area contributed by atoms with Crippen molar-refractivity contribution in [3.63, 3.8) is 0 Å². The Bertz CT molecular complexity index is 319. The molecule has 2 aliphatic rings. The molecule has 19 heavy (non-hydrogen) atoms. The molecule has 0 aromatic rings. The van der Waals surface area contributed by atoms with Gasteiger partial charge in [-0.05, 0) is 38.3 Å². The summed E-state index contributed by atoms with van der Waals surface area (Å²) in [6, 6.07) is 0. The van der Waals surface area contributed by atoms with Crippen LogP contribution in [-0.4, -0.2) is 60.9 Å². The van der Waals surface area contributed by atoms with Gasteiger partial charge < -0.3 is 15.1 Å². The van der Waals surface area contributed by atoms with Crippen LogP contribution in [0.2, 0.25) is 0 Å². The van der Waals surface area contributed by atoms with E-state index in [1.165, 1.54) is 12.8 Å². The number of piperazine rings is 1. The predicted molar refractivity (Wildman–Crippen MR) is 73.7 cm³/mol. The molecule has 0 aliphatic carbocycles. The van der Waals surface area contributed by atoms with E-state index >= 15 is 0 Å². The van der Waals surface area contributed by atoms with Crippen molar-refractivity contribution in [3.8, 4) is 0 Å². The number of hydrogen-bond donors (Lipinski definition) is 1. The highest BCUT2D eigenvalue weighted by molar-refractivity contribution is 5.77. The Morgan fingerprint density at radius 2 is 1.63 bits per heavy atom. The molecule has 2 rings (SSSR count). The molecule has 2 saturated heterocycles. The molecule has 5 nitrogen and oxygen atoms in total. The topological polar surface area (TPSA) is 52.7 Å². The highest BCUT2D eigenvalue weighted by Crippen LogP contribution is 2.18. The van der Waals surface area contributed by atoms with Gasteiger partial charge in [0.2, 0.25) is 11.8 Å². The zero-order valence-electron chi connectivity index (χ0n) is 11.9. The molecule has 0 aromatic heterocycles. The van der Waals surface area contributed by atoms with E-state index in [2.05, 4.69) is 5.32 Å². The number of piperidine rings is 1. The second kappa shape index (κ2) is 6.89. The van der Waals surface area contributed by atoms with Gasteiger partial charge in [0.25, 0.3) is 0 Å².